The first-order valence-electron chi connectivity index (χ1n) is 7.93. The molecule has 0 fully saturated rings. The molecule has 0 aliphatic carbocycles. The van der Waals surface area contributed by atoms with Crippen molar-refractivity contribution in [1.29, 1.82) is 0 Å². The SMILES string of the molecule is Cc1csc2nc(CN(Cc3ccco3)Cc3ccco3)cc(=O)n12. The molecule has 0 amide bonds. The van der Waals surface area contributed by atoms with Gasteiger partial charge in [-0.15, -0.1) is 11.3 Å². The van der Waals surface area contributed by atoms with E-state index in [1.807, 2.05) is 36.6 Å². The third-order valence-electron chi connectivity index (χ3n) is 3.93. The lowest BCUT2D eigenvalue weighted by molar-refractivity contribution is 0.207. The van der Waals surface area contributed by atoms with Crippen molar-refractivity contribution < 1.29 is 8.83 Å². The Balaban J connectivity index is 1.62. The Labute approximate surface area is 148 Å². The fourth-order valence-electron chi connectivity index (χ4n) is 2.82. The number of aryl methyl sites for hydroxylation is 1. The van der Waals surface area contributed by atoms with E-state index in [0.717, 1.165) is 27.9 Å². The van der Waals surface area contributed by atoms with E-state index >= 15 is 0 Å². The van der Waals surface area contributed by atoms with Gasteiger partial charge in [-0.25, -0.2) is 4.98 Å². The average Bonchev–Trinajstić information content (AvgIpc) is 3.31. The molecule has 4 aromatic rings. The summed E-state index contributed by atoms with van der Waals surface area (Å²) >= 11 is 1.48. The Morgan fingerprint density at radius 2 is 1.80 bits per heavy atom. The third-order valence-corrected chi connectivity index (χ3v) is 4.88. The van der Waals surface area contributed by atoms with Crippen LogP contribution in [-0.4, -0.2) is 14.3 Å². The van der Waals surface area contributed by atoms with E-state index in [1.165, 1.54) is 11.3 Å². The van der Waals surface area contributed by atoms with Gasteiger partial charge in [-0.3, -0.25) is 14.1 Å². The maximum Gasteiger partial charge on any atom is 0.259 e. The van der Waals surface area contributed by atoms with Crippen molar-refractivity contribution in [3.05, 3.63) is 81.5 Å². The van der Waals surface area contributed by atoms with E-state index in [0.29, 0.717) is 19.6 Å². The molecular formula is C18H17N3O3S. The topological polar surface area (TPSA) is 63.9 Å². The van der Waals surface area contributed by atoms with Crippen molar-refractivity contribution >= 4 is 16.3 Å². The number of aromatic nitrogens is 2. The number of fused-ring (bicyclic) bond motifs is 1. The van der Waals surface area contributed by atoms with Crippen LogP contribution in [0.3, 0.4) is 0 Å². The summed E-state index contributed by atoms with van der Waals surface area (Å²) in [5.41, 5.74) is 1.60. The first kappa shape index (κ1) is 15.9. The second kappa shape index (κ2) is 6.70. The van der Waals surface area contributed by atoms with Crippen molar-refractivity contribution in [2.24, 2.45) is 0 Å². The third kappa shape index (κ3) is 3.42. The Bertz CT molecular complexity index is 980. The number of furan rings is 2. The monoisotopic (exact) mass is 355 g/mol. The van der Waals surface area contributed by atoms with Crippen LogP contribution in [0.25, 0.3) is 4.96 Å². The molecule has 0 atom stereocenters. The predicted molar refractivity (Wildman–Crippen MR) is 94.4 cm³/mol. The Kier molecular flexibility index (Phi) is 4.25. The van der Waals surface area contributed by atoms with E-state index in [-0.39, 0.29) is 5.56 Å². The highest BCUT2D eigenvalue weighted by atomic mass is 32.1. The van der Waals surface area contributed by atoms with Gasteiger partial charge in [0.15, 0.2) is 4.96 Å². The smallest absolute Gasteiger partial charge is 0.259 e. The van der Waals surface area contributed by atoms with E-state index in [9.17, 15) is 4.79 Å². The van der Waals surface area contributed by atoms with E-state index in [1.54, 1.807) is 23.0 Å². The molecule has 0 saturated heterocycles. The van der Waals surface area contributed by atoms with Crippen molar-refractivity contribution in [2.45, 2.75) is 26.6 Å². The zero-order valence-corrected chi connectivity index (χ0v) is 14.5. The van der Waals surface area contributed by atoms with Crippen LogP contribution in [0.15, 0.2) is 61.9 Å². The zero-order valence-electron chi connectivity index (χ0n) is 13.7. The second-order valence-corrected chi connectivity index (χ2v) is 6.72. The van der Waals surface area contributed by atoms with Gasteiger partial charge in [0, 0.05) is 23.7 Å². The van der Waals surface area contributed by atoms with Crippen LogP contribution in [0.4, 0.5) is 0 Å². The molecule has 4 heterocycles. The van der Waals surface area contributed by atoms with Crippen molar-refractivity contribution in [2.75, 3.05) is 0 Å². The quantitative estimate of drug-likeness (QED) is 0.530. The first-order chi connectivity index (χ1) is 12.2. The fourth-order valence-corrected chi connectivity index (χ4v) is 3.72. The minimum absolute atomic E-state index is 0.0466. The lowest BCUT2D eigenvalue weighted by Gasteiger charge is -2.19. The van der Waals surface area contributed by atoms with Crippen LogP contribution < -0.4 is 5.56 Å². The van der Waals surface area contributed by atoms with Gasteiger partial charge in [0.2, 0.25) is 0 Å². The highest BCUT2D eigenvalue weighted by Gasteiger charge is 2.14. The van der Waals surface area contributed by atoms with Crippen LogP contribution in [0.1, 0.15) is 22.9 Å². The minimum Gasteiger partial charge on any atom is -0.468 e. The Morgan fingerprint density at radius 1 is 1.12 bits per heavy atom. The van der Waals surface area contributed by atoms with Gasteiger partial charge in [0.05, 0.1) is 31.3 Å². The summed E-state index contributed by atoms with van der Waals surface area (Å²) in [6.07, 6.45) is 3.32. The number of hydrogen-bond donors (Lipinski definition) is 0. The molecule has 6 nitrogen and oxygen atoms in total. The van der Waals surface area contributed by atoms with Gasteiger partial charge in [0.25, 0.3) is 5.56 Å². The molecular weight excluding hydrogens is 338 g/mol. The summed E-state index contributed by atoms with van der Waals surface area (Å²) in [6, 6.07) is 9.20. The van der Waals surface area contributed by atoms with Crippen LogP contribution >= 0.6 is 11.3 Å². The molecule has 0 aliphatic rings. The van der Waals surface area contributed by atoms with Gasteiger partial charge in [-0.2, -0.15) is 0 Å². The normalized spacial score (nSPS) is 11.6. The van der Waals surface area contributed by atoms with Gasteiger partial charge < -0.3 is 8.83 Å². The summed E-state index contributed by atoms with van der Waals surface area (Å²) in [6.45, 7) is 3.66. The number of nitrogens with zero attached hydrogens (tertiary/aromatic N) is 3. The first-order valence-corrected chi connectivity index (χ1v) is 8.81. The minimum atomic E-state index is -0.0466. The molecule has 7 heteroatoms. The standard InChI is InChI=1S/C18H17N3O3S/c1-13-12-25-18-19-14(8-17(22)21(13)18)9-20(10-15-4-2-6-23-15)11-16-5-3-7-24-16/h2-8,12H,9-11H2,1H3. The number of rotatable bonds is 6. The van der Waals surface area contributed by atoms with Crippen molar-refractivity contribution in [1.82, 2.24) is 14.3 Å². The van der Waals surface area contributed by atoms with Gasteiger partial charge in [-0.1, -0.05) is 0 Å². The molecule has 4 rings (SSSR count). The number of thiazole rings is 1. The summed E-state index contributed by atoms with van der Waals surface area (Å²) in [5, 5.41) is 1.94. The van der Waals surface area contributed by atoms with Crippen LogP contribution in [0.2, 0.25) is 0 Å². The molecule has 0 aliphatic heterocycles. The molecule has 0 radical (unpaired) electrons. The molecule has 128 valence electrons. The second-order valence-electron chi connectivity index (χ2n) is 5.88. The van der Waals surface area contributed by atoms with Gasteiger partial charge >= 0.3 is 0 Å². The lowest BCUT2D eigenvalue weighted by atomic mass is 10.3. The fraction of sp³-hybridized carbons (Fsp3) is 0.222. The van der Waals surface area contributed by atoms with Crippen molar-refractivity contribution in [3.63, 3.8) is 0 Å². The largest absolute Gasteiger partial charge is 0.468 e. The summed E-state index contributed by atoms with van der Waals surface area (Å²) < 4.78 is 12.6. The summed E-state index contributed by atoms with van der Waals surface area (Å²) in [5.74, 6) is 1.72. The highest BCUT2D eigenvalue weighted by molar-refractivity contribution is 7.15. The van der Waals surface area contributed by atoms with Crippen LogP contribution in [0, 0.1) is 6.92 Å². The predicted octanol–water partition coefficient (Wildman–Crippen LogP) is 3.45. The summed E-state index contributed by atoms with van der Waals surface area (Å²) in [7, 11) is 0. The van der Waals surface area contributed by atoms with Crippen molar-refractivity contribution in [3.8, 4) is 0 Å². The molecule has 0 aromatic carbocycles. The molecule has 4 aromatic heterocycles. The molecule has 25 heavy (non-hydrogen) atoms. The Morgan fingerprint density at radius 3 is 2.40 bits per heavy atom. The molecule has 0 spiro atoms. The van der Waals surface area contributed by atoms with E-state index in [4.69, 9.17) is 8.83 Å². The molecule has 0 unspecified atom stereocenters. The lowest BCUT2D eigenvalue weighted by Crippen LogP contribution is -2.24. The van der Waals surface area contributed by atoms with E-state index < -0.39 is 0 Å². The molecule has 0 bridgehead atoms. The number of hydrogen-bond acceptors (Lipinski definition) is 6. The van der Waals surface area contributed by atoms with E-state index in [2.05, 4.69) is 9.88 Å². The molecule has 0 N–H and O–H groups in total. The highest BCUT2D eigenvalue weighted by Crippen LogP contribution is 2.16. The zero-order chi connectivity index (χ0) is 17.2. The van der Waals surface area contributed by atoms with Crippen LogP contribution in [-0.2, 0) is 19.6 Å². The summed E-state index contributed by atoms with van der Waals surface area (Å²) in [4.78, 5) is 19.9. The van der Waals surface area contributed by atoms with Crippen LogP contribution in [0.5, 0.6) is 0 Å². The average molecular weight is 355 g/mol. The maximum absolute atomic E-state index is 12.4. The Hall–Kier alpha value is -2.64. The maximum atomic E-state index is 12.4. The molecule has 0 saturated carbocycles. The van der Waals surface area contributed by atoms with Gasteiger partial charge in [0.1, 0.15) is 11.5 Å². The van der Waals surface area contributed by atoms with Gasteiger partial charge in [-0.05, 0) is 31.2 Å².